The van der Waals surface area contributed by atoms with Crippen LogP contribution in [0.25, 0.3) is 0 Å². The third kappa shape index (κ3) is 2.51. The van der Waals surface area contributed by atoms with Crippen molar-refractivity contribution in [3.63, 3.8) is 0 Å². The molecule has 2 rings (SSSR count). The van der Waals surface area contributed by atoms with Crippen LogP contribution in [0.1, 0.15) is 15.5 Å². The summed E-state index contributed by atoms with van der Waals surface area (Å²) in [6.45, 7) is 0.505. The summed E-state index contributed by atoms with van der Waals surface area (Å²) in [4.78, 5) is 18.5. The van der Waals surface area contributed by atoms with Crippen molar-refractivity contribution in [3.05, 3.63) is 27.7 Å². The predicted molar refractivity (Wildman–Crippen MR) is 58.5 cm³/mol. The minimum Gasteiger partial charge on any atom is -0.476 e. The van der Waals surface area contributed by atoms with Crippen LogP contribution in [0.5, 0.6) is 0 Å². The van der Waals surface area contributed by atoms with Crippen molar-refractivity contribution < 1.29 is 9.90 Å². The molecule has 0 saturated heterocycles. The normalized spacial score (nSPS) is 10.1. The number of aromatic carboxylic acids is 1. The van der Waals surface area contributed by atoms with Gasteiger partial charge >= 0.3 is 5.97 Å². The smallest absolute Gasteiger partial charge is 0.355 e. The summed E-state index contributed by atoms with van der Waals surface area (Å²) >= 11 is 2.82. The van der Waals surface area contributed by atoms with E-state index in [9.17, 15) is 4.79 Å². The molecule has 0 atom stereocenters. The first-order chi connectivity index (χ1) is 7.25. The molecule has 0 spiro atoms. The van der Waals surface area contributed by atoms with Gasteiger partial charge in [0.15, 0.2) is 10.8 Å². The van der Waals surface area contributed by atoms with Gasteiger partial charge in [0.25, 0.3) is 0 Å². The zero-order valence-corrected chi connectivity index (χ0v) is 9.14. The summed E-state index contributed by atoms with van der Waals surface area (Å²) in [6.07, 6.45) is 1.71. The van der Waals surface area contributed by atoms with Gasteiger partial charge < -0.3 is 10.4 Å². The minimum absolute atomic E-state index is 0.0935. The topological polar surface area (TPSA) is 75.1 Å². The fourth-order valence-electron chi connectivity index (χ4n) is 0.952. The van der Waals surface area contributed by atoms with E-state index in [-0.39, 0.29) is 5.69 Å². The summed E-state index contributed by atoms with van der Waals surface area (Å²) in [5.74, 6) is -0.994. The first-order valence-electron chi connectivity index (χ1n) is 4.07. The number of carbonyl (C=O) groups is 1. The highest BCUT2D eigenvalue weighted by Gasteiger charge is 2.08. The Labute approximate surface area is 93.4 Å². The molecule has 15 heavy (non-hydrogen) atoms. The zero-order valence-electron chi connectivity index (χ0n) is 7.51. The van der Waals surface area contributed by atoms with Crippen molar-refractivity contribution in [2.75, 3.05) is 5.32 Å². The number of hydrogen-bond acceptors (Lipinski definition) is 6. The molecule has 0 aromatic carbocycles. The summed E-state index contributed by atoms with van der Waals surface area (Å²) < 4.78 is 0. The van der Waals surface area contributed by atoms with Gasteiger partial charge in [0.2, 0.25) is 0 Å². The fraction of sp³-hybridized carbons (Fsp3) is 0.125. The number of thiazole rings is 2. The van der Waals surface area contributed by atoms with Crippen molar-refractivity contribution in [1.82, 2.24) is 9.97 Å². The quantitative estimate of drug-likeness (QED) is 0.855. The Balaban J connectivity index is 1.96. The van der Waals surface area contributed by atoms with Crippen LogP contribution in [-0.4, -0.2) is 21.0 Å². The molecule has 5 nitrogen and oxygen atoms in total. The maximum atomic E-state index is 10.6. The largest absolute Gasteiger partial charge is 0.476 e. The minimum atomic E-state index is -0.994. The summed E-state index contributed by atoms with van der Waals surface area (Å²) in [5.41, 5.74) is 0.0935. The molecule has 78 valence electrons. The Hall–Kier alpha value is -1.47. The van der Waals surface area contributed by atoms with Gasteiger partial charge in [-0.15, -0.1) is 22.7 Å². The standard InChI is InChI=1S/C8H7N3O2S2/c12-7(13)5-4-15-6(11-5)3-10-8-9-1-2-14-8/h1-2,4H,3H2,(H,9,10)(H,12,13). The number of hydrogen-bond donors (Lipinski definition) is 2. The van der Waals surface area contributed by atoms with Crippen molar-refractivity contribution in [2.45, 2.75) is 6.54 Å². The van der Waals surface area contributed by atoms with E-state index in [2.05, 4.69) is 15.3 Å². The third-order valence-electron chi connectivity index (χ3n) is 1.59. The van der Waals surface area contributed by atoms with E-state index >= 15 is 0 Å². The highest BCUT2D eigenvalue weighted by molar-refractivity contribution is 7.13. The average Bonchev–Trinajstić information content (AvgIpc) is 2.86. The van der Waals surface area contributed by atoms with Crippen molar-refractivity contribution in [1.29, 1.82) is 0 Å². The van der Waals surface area contributed by atoms with Crippen LogP contribution in [0.3, 0.4) is 0 Å². The lowest BCUT2D eigenvalue weighted by Crippen LogP contribution is -2.00. The second kappa shape index (κ2) is 4.37. The fourth-order valence-corrected chi connectivity index (χ4v) is 2.19. The molecule has 0 aliphatic rings. The number of carboxylic acids is 1. The average molecular weight is 241 g/mol. The van der Waals surface area contributed by atoms with Crippen LogP contribution in [0.15, 0.2) is 17.0 Å². The van der Waals surface area contributed by atoms with Gasteiger partial charge in [-0.25, -0.2) is 14.8 Å². The van der Waals surface area contributed by atoms with Crippen molar-refractivity contribution >= 4 is 33.8 Å². The molecule has 0 amide bonds. The SMILES string of the molecule is O=C(O)c1csc(CNc2nccs2)n1. The van der Waals surface area contributed by atoms with Crippen molar-refractivity contribution in [2.24, 2.45) is 0 Å². The Morgan fingerprint density at radius 1 is 1.53 bits per heavy atom. The third-order valence-corrected chi connectivity index (χ3v) is 3.17. The molecule has 2 aromatic heterocycles. The molecular weight excluding hydrogens is 234 g/mol. The van der Waals surface area contributed by atoms with E-state index in [1.54, 1.807) is 6.20 Å². The summed E-state index contributed by atoms with van der Waals surface area (Å²) in [5, 5.41) is 16.7. The maximum Gasteiger partial charge on any atom is 0.355 e. The van der Waals surface area contributed by atoms with Gasteiger partial charge in [-0.05, 0) is 0 Å². The monoisotopic (exact) mass is 241 g/mol. The Morgan fingerprint density at radius 2 is 2.40 bits per heavy atom. The molecule has 0 aliphatic heterocycles. The van der Waals surface area contributed by atoms with Crippen LogP contribution in [-0.2, 0) is 6.54 Å². The van der Waals surface area contributed by atoms with Gasteiger partial charge in [-0.3, -0.25) is 0 Å². The van der Waals surface area contributed by atoms with E-state index in [1.807, 2.05) is 5.38 Å². The number of rotatable bonds is 4. The highest BCUT2D eigenvalue weighted by Crippen LogP contribution is 2.14. The van der Waals surface area contributed by atoms with Gasteiger partial charge in [0.05, 0.1) is 6.54 Å². The van der Waals surface area contributed by atoms with Gasteiger partial charge in [0.1, 0.15) is 5.01 Å². The lowest BCUT2D eigenvalue weighted by atomic mass is 10.5. The molecule has 7 heteroatoms. The molecule has 2 N–H and O–H groups in total. The summed E-state index contributed by atoms with van der Waals surface area (Å²) in [7, 11) is 0. The summed E-state index contributed by atoms with van der Waals surface area (Å²) in [6, 6.07) is 0. The van der Waals surface area contributed by atoms with Crippen molar-refractivity contribution in [3.8, 4) is 0 Å². The first-order valence-corrected chi connectivity index (χ1v) is 5.82. The van der Waals surface area contributed by atoms with E-state index in [4.69, 9.17) is 5.11 Å². The lowest BCUT2D eigenvalue weighted by Gasteiger charge is -1.97. The lowest BCUT2D eigenvalue weighted by molar-refractivity contribution is 0.0691. The van der Waals surface area contributed by atoms with Crippen LogP contribution in [0, 0.1) is 0 Å². The molecular formula is C8H7N3O2S2. The zero-order chi connectivity index (χ0) is 10.7. The van der Waals surface area contributed by atoms with Gasteiger partial charge in [-0.1, -0.05) is 0 Å². The molecule has 2 heterocycles. The number of nitrogens with one attached hydrogen (secondary N) is 1. The molecule has 0 saturated carbocycles. The predicted octanol–water partition coefficient (Wildman–Crippen LogP) is 1.91. The van der Waals surface area contributed by atoms with Crippen LogP contribution in [0.4, 0.5) is 5.13 Å². The Kier molecular flexibility index (Phi) is 2.93. The number of anilines is 1. The van der Waals surface area contributed by atoms with E-state index in [0.717, 1.165) is 10.1 Å². The number of aromatic nitrogens is 2. The van der Waals surface area contributed by atoms with Crippen LogP contribution >= 0.6 is 22.7 Å². The molecule has 0 bridgehead atoms. The van der Waals surface area contributed by atoms with E-state index in [0.29, 0.717) is 6.54 Å². The molecule has 0 aliphatic carbocycles. The van der Waals surface area contributed by atoms with Crippen LogP contribution < -0.4 is 5.32 Å². The second-order valence-corrected chi connectivity index (χ2v) is 4.46. The molecule has 2 aromatic rings. The number of carboxylic acid groups (broad SMARTS) is 1. The first kappa shape index (κ1) is 10.1. The molecule has 0 fully saturated rings. The van der Waals surface area contributed by atoms with Gasteiger partial charge in [0, 0.05) is 17.0 Å². The van der Waals surface area contributed by atoms with E-state index in [1.165, 1.54) is 28.1 Å². The van der Waals surface area contributed by atoms with Gasteiger partial charge in [-0.2, -0.15) is 0 Å². The number of nitrogens with zero attached hydrogens (tertiary/aromatic N) is 2. The Morgan fingerprint density at radius 3 is 3.00 bits per heavy atom. The maximum absolute atomic E-state index is 10.6. The molecule has 0 unspecified atom stereocenters. The van der Waals surface area contributed by atoms with E-state index < -0.39 is 5.97 Å². The highest BCUT2D eigenvalue weighted by atomic mass is 32.1. The van der Waals surface area contributed by atoms with Crippen LogP contribution in [0.2, 0.25) is 0 Å². The molecule has 0 radical (unpaired) electrons. The second-order valence-electron chi connectivity index (χ2n) is 2.62. The Bertz CT molecular complexity index is 452.